The highest BCUT2D eigenvalue weighted by atomic mass is 32.2. The van der Waals surface area contributed by atoms with Gasteiger partial charge in [0.25, 0.3) is 0 Å². The number of hydrogen-bond donors (Lipinski definition) is 2. The molecule has 8 nitrogen and oxygen atoms in total. The average Bonchev–Trinajstić information content (AvgIpc) is 2.58. The number of carboxylic acid groups (broad SMARTS) is 1. The largest absolute Gasteiger partial charge is 0.494 e. The lowest BCUT2D eigenvalue weighted by Gasteiger charge is -2.10. The van der Waals surface area contributed by atoms with Crippen LogP contribution in [-0.2, 0) is 10.0 Å². The highest BCUT2D eigenvalue weighted by molar-refractivity contribution is 7.89. The first kappa shape index (κ1) is 17.9. The average molecular weight is 377 g/mol. The lowest BCUT2D eigenvalue weighted by atomic mass is 10.1. The Morgan fingerprint density at radius 2 is 1.96 bits per heavy atom. The van der Waals surface area contributed by atoms with Crippen molar-refractivity contribution in [3.8, 4) is 5.75 Å². The van der Waals surface area contributed by atoms with Crippen LogP contribution in [0.5, 0.6) is 5.75 Å². The minimum atomic E-state index is -4.19. The Morgan fingerprint density at radius 3 is 2.58 bits per heavy atom. The Labute approximate surface area is 147 Å². The first-order valence-corrected chi connectivity index (χ1v) is 9.20. The van der Waals surface area contributed by atoms with Crippen molar-refractivity contribution in [1.29, 1.82) is 0 Å². The molecule has 3 N–H and O–H groups in total. The molecule has 0 atom stereocenters. The van der Waals surface area contributed by atoms with Crippen LogP contribution >= 0.6 is 0 Å². The number of nitrogens with two attached hydrogens (primary N) is 1. The van der Waals surface area contributed by atoms with Crippen molar-refractivity contribution in [2.75, 3.05) is 6.61 Å². The molecule has 0 aliphatic heterocycles. The Morgan fingerprint density at radius 1 is 1.23 bits per heavy atom. The van der Waals surface area contributed by atoms with E-state index in [2.05, 4.69) is 0 Å². The van der Waals surface area contributed by atoms with Gasteiger partial charge in [0, 0.05) is 6.07 Å². The number of ether oxygens (including phenoxy) is 1. The van der Waals surface area contributed by atoms with E-state index >= 15 is 0 Å². The molecule has 0 saturated carbocycles. The summed E-state index contributed by atoms with van der Waals surface area (Å²) >= 11 is 0. The van der Waals surface area contributed by atoms with Gasteiger partial charge in [0.15, 0.2) is 5.58 Å². The summed E-state index contributed by atoms with van der Waals surface area (Å²) in [4.78, 5) is 23.6. The first-order chi connectivity index (χ1) is 12.2. The van der Waals surface area contributed by atoms with Crippen molar-refractivity contribution >= 4 is 37.9 Å². The lowest BCUT2D eigenvalue weighted by molar-refractivity contribution is 0.0697. The number of carboxylic acids is 1. The van der Waals surface area contributed by atoms with Gasteiger partial charge in [0.1, 0.15) is 16.2 Å². The Balaban J connectivity index is 2.43. The molecule has 136 valence electrons. The molecule has 9 heteroatoms. The van der Waals surface area contributed by atoms with Crippen LogP contribution in [-0.4, -0.2) is 26.1 Å². The molecule has 3 rings (SSSR count). The number of hydrogen-bond acceptors (Lipinski definition) is 6. The van der Waals surface area contributed by atoms with Crippen LogP contribution in [0.3, 0.4) is 0 Å². The first-order valence-electron chi connectivity index (χ1n) is 7.66. The van der Waals surface area contributed by atoms with Gasteiger partial charge in [-0.1, -0.05) is 6.92 Å². The summed E-state index contributed by atoms with van der Waals surface area (Å²) in [6.07, 6.45) is 0.678. The van der Waals surface area contributed by atoms with E-state index in [1.165, 1.54) is 30.3 Å². The minimum absolute atomic E-state index is 0.0189. The summed E-state index contributed by atoms with van der Waals surface area (Å²) in [6, 6.07) is 6.30. The van der Waals surface area contributed by atoms with E-state index in [9.17, 15) is 18.0 Å². The normalized spacial score (nSPS) is 11.8. The van der Waals surface area contributed by atoms with Crippen molar-refractivity contribution < 1.29 is 27.5 Å². The van der Waals surface area contributed by atoms with E-state index < -0.39 is 21.4 Å². The molecule has 2 aromatic carbocycles. The molecule has 0 saturated heterocycles. The number of carbonyl (C=O) groups is 1. The highest BCUT2D eigenvalue weighted by Gasteiger charge is 2.21. The molecule has 0 unspecified atom stereocenters. The molecule has 26 heavy (non-hydrogen) atoms. The molecular weight excluding hydrogens is 362 g/mol. The Bertz CT molecular complexity index is 1200. The van der Waals surface area contributed by atoms with Crippen molar-refractivity contribution in [3.05, 3.63) is 46.1 Å². The SMILES string of the molecule is CCCOc1cc(S(N)(=O)=O)c2oc3ccc(C(=O)O)cc3c(=O)c2c1. The zero-order valence-electron chi connectivity index (χ0n) is 13.7. The van der Waals surface area contributed by atoms with Crippen molar-refractivity contribution in [1.82, 2.24) is 0 Å². The number of aromatic carboxylic acids is 1. The monoisotopic (exact) mass is 377 g/mol. The van der Waals surface area contributed by atoms with E-state index in [0.717, 1.165) is 0 Å². The third-order valence-electron chi connectivity index (χ3n) is 3.74. The van der Waals surface area contributed by atoms with Crippen LogP contribution in [0, 0.1) is 0 Å². The maximum Gasteiger partial charge on any atom is 0.335 e. The van der Waals surface area contributed by atoms with Gasteiger partial charge >= 0.3 is 5.97 Å². The number of benzene rings is 2. The summed E-state index contributed by atoms with van der Waals surface area (Å²) in [5.41, 5.74) is -0.804. The van der Waals surface area contributed by atoms with Gasteiger partial charge in [0.05, 0.1) is 22.9 Å². The fraction of sp³-hybridized carbons (Fsp3) is 0.176. The Kier molecular flexibility index (Phi) is 4.43. The third kappa shape index (κ3) is 3.14. The molecule has 0 aliphatic carbocycles. The second-order valence-corrected chi connectivity index (χ2v) is 7.17. The molecule has 0 bridgehead atoms. The standard InChI is InChI=1S/C17H15NO7S/c1-2-5-24-10-7-12-15(19)11-6-9(17(20)21)3-4-13(11)25-16(12)14(8-10)26(18,22)23/h3-4,6-8H,2,5H2,1H3,(H,20,21)(H2,18,22,23). The van der Waals surface area contributed by atoms with Crippen LogP contribution in [0.2, 0.25) is 0 Å². The highest BCUT2D eigenvalue weighted by Crippen LogP contribution is 2.29. The minimum Gasteiger partial charge on any atom is -0.494 e. The summed E-state index contributed by atoms with van der Waals surface area (Å²) in [5.74, 6) is -1.04. The predicted molar refractivity (Wildman–Crippen MR) is 94.1 cm³/mol. The van der Waals surface area contributed by atoms with Gasteiger partial charge in [0.2, 0.25) is 15.5 Å². The molecule has 0 spiro atoms. The van der Waals surface area contributed by atoms with Crippen molar-refractivity contribution in [2.45, 2.75) is 18.2 Å². The lowest BCUT2D eigenvalue weighted by Crippen LogP contribution is -2.15. The summed E-state index contributed by atoms with van der Waals surface area (Å²) < 4.78 is 34.9. The summed E-state index contributed by atoms with van der Waals surface area (Å²) in [7, 11) is -4.19. The van der Waals surface area contributed by atoms with Crippen LogP contribution < -0.4 is 15.3 Å². The fourth-order valence-electron chi connectivity index (χ4n) is 2.55. The third-order valence-corrected chi connectivity index (χ3v) is 4.65. The van der Waals surface area contributed by atoms with E-state index in [0.29, 0.717) is 13.0 Å². The smallest absolute Gasteiger partial charge is 0.335 e. The maximum absolute atomic E-state index is 12.8. The van der Waals surface area contributed by atoms with E-state index in [4.69, 9.17) is 19.4 Å². The van der Waals surface area contributed by atoms with Crippen LogP contribution in [0.4, 0.5) is 0 Å². The molecule has 0 fully saturated rings. The second-order valence-electron chi connectivity index (χ2n) is 5.64. The van der Waals surface area contributed by atoms with Gasteiger partial charge in [-0.3, -0.25) is 4.79 Å². The van der Waals surface area contributed by atoms with Gasteiger partial charge in [-0.05, 0) is 30.7 Å². The van der Waals surface area contributed by atoms with Crippen LogP contribution in [0.15, 0.2) is 44.4 Å². The molecule has 0 aliphatic rings. The Hall–Kier alpha value is -2.91. The van der Waals surface area contributed by atoms with Crippen LogP contribution in [0.1, 0.15) is 23.7 Å². The molecule has 1 aromatic heterocycles. The number of sulfonamides is 1. The van der Waals surface area contributed by atoms with Crippen LogP contribution in [0.25, 0.3) is 21.9 Å². The summed E-state index contributed by atoms with van der Waals surface area (Å²) in [6.45, 7) is 2.19. The summed E-state index contributed by atoms with van der Waals surface area (Å²) in [5, 5.41) is 14.3. The fourth-order valence-corrected chi connectivity index (χ4v) is 3.24. The molecule has 3 aromatic rings. The topological polar surface area (TPSA) is 137 Å². The van der Waals surface area contributed by atoms with Crippen molar-refractivity contribution in [2.24, 2.45) is 5.14 Å². The number of primary sulfonamides is 1. The second kappa shape index (κ2) is 6.43. The zero-order chi connectivity index (χ0) is 19.1. The maximum atomic E-state index is 12.8. The van der Waals surface area contributed by atoms with Crippen molar-refractivity contribution in [3.63, 3.8) is 0 Å². The number of rotatable bonds is 5. The van der Waals surface area contributed by atoms with Gasteiger partial charge in [-0.2, -0.15) is 0 Å². The van der Waals surface area contributed by atoms with Gasteiger partial charge < -0.3 is 14.3 Å². The van der Waals surface area contributed by atoms with E-state index in [1.807, 2.05) is 6.92 Å². The van der Waals surface area contributed by atoms with Gasteiger partial charge in [-0.25, -0.2) is 18.4 Å². The van der Waals surface area contributed by atoms with E-state index in [-0.39, 0.29) is 38.1 Å². The molecular formula is C17H15NO7S. The number of fused-ring (bicyclic) bond motifs is 2. The predicted octanol–water partition coefficient (Wildman–Crippen LogP) is 2.08. The quantitative estimate of drug-likeness (QED) is 0.649. The van der Waals surface area contributed by atoms with Gasteiger partial charge in [-0.15, -0.1) is 0 Å². The van der Waals surface area contributed by atoms with E-state index in [1.54, 1.807) is 0 Å². The molecule has 1 heterocycles. The molecule has 0 amide bonds. The molecule has 0 radical (unpaired) electrons. The zero-order valence-corrected chi connectivity index (χ0v) is 14.5.